The zero-order chi connectivity index (χ0) is 13.5. The van der Waals surface area contributed by atoms with Gasteiger partial charge in [0.15, 0.2) is 5.13 Å². The third kappa shape index (κ3) is 4.23. The number of aromatic nitrogens is 1. The minimum atomic E-state index is 0.376. The second-order valence-corrected chi connectivity index (χ2v) is 5.35. The second kappa shape index (κ2) is 7.71. The molecule has 0 aliphatic heterocycles. The Morgan fingerprint density at radius 3 is 2.78 bits per heavy atom. The third-order valence-electron chi connectivity index (χ3n) is 2.83. The molecular weight excluding hydrogens is 246 g/mol. The predicted octanol–water partition coefficient (Wildman–Crippen LogP) is 2.59. The fraction of sp³-hybridized carbons (Fsp3) is 0.769. The van der Waals surface area contributed by atoms with Crippen LogP contribution in [-0.2, 0) is 4.74 Å². The molecule has 104 valence electrons. The van der Waals surface area contributed by atoms with Gasteiger partial charge in [-0.3, -0.25) is 0 Å². The van der Waals surface area contributed by atoms with E-state index in [1.807, 2.05) is 6.92 Å². The quantitative estimate of drug-likeness (QED) is 0.738. The van der Waals surface area contributed by atoms with Gasteiger partial charge in [0, 0.05) is 31.1 Å². The standard InChI is InChI=1S/C13H25N3OS/c1-6-14-10(3)12-11(4)15-13(18-12)16(5)8-9-17-7-2/h10,14H,6-9H2,1-5H3. The molecule has 1 aromatic rings. The molecule has 1 heterocycles. The van der Waals surface area contributed by atoms with E-state index in [9.17, 15) is 0 Å². The van der Waals surface area contributed by atoms with Crippen molar-refractivity contribution in [3.63, 3.8) is 0 Å². The molecule has 0 saturated heterocycles. The first kappa shape index (κ1) is 15.4. The molecule has 0 spiro atoms. The van der Waals surface area contributed by atoms with Crippen molar-refractivity contribution in [2.45, 2.75) is 33.7 Å². The number of thiazole rings is 1. The van der Waals surface area contributed by atoms with E-state index in [0.29, 0.717) is 6.04 Å². The van der Waals surface area contributed by atoms with E-state index in [1.54, 1.807) is 11.3 Å². The van der Waals surface area contributed by atoms with Gasteiger partial charge in [0.05, 0.1) is 12.3 Å². The molecule has 0 saturated carbocycles. The van der Waals surface area contributed by atoms with Crippen LogP contribution in [0.3, 0.4) is 0 Å². The topological polar surface area (TPSA) is 37.4 Å². The van der Waals surface area contributed by atoms with Crippen LogP contribution < -0.4 is 10.2 Å². The van der Waals surface area contributed by atoms with Gasteiger partial charge < -0.3 is 15.0 Å². The molecule has 0 radical (unpaired) electrons. The lowest BCUT2D eigenvalue weighted by Crippen LogP contribution is -2.22. The molecule has 1 atom stereocenters. The van der Waals surface area contributed by atoms with Gasteiger partial charge >= 0.3 is 0 Å². The minimum absolute atomic E-state index is 0.376. The van der Waals surface area contributed by atoms with Gasteiger partial charge in [0.1, 0.15) is 0 Å². The Hall–Kier alpha value is -0.650. The van der Waals surface area contributed by atoms with Crippen molar-refractivity contribution >= 4 is 16.5 Å². The molecule has 0 bridgehead atoms. The zero-order valence-corrected chi connectivity index (χ0v) is 12.9. The van der Waals surface area contributed by atoms with E-state index >= 15 is 0 Å². The summed E-state index contributed by atoms with van der Waals surface area (Å²) in [6, 6.07) is 0.376. The van der Waals surface area contributed by atoms with Gasteiger partial charge in [-0.25, -0.2) is 4.98 Å². The summed E-state index contributed by atoms with van der Waals surface area (Å²) in [6.45, 7) is 11.8. The summed E-state index contributed by atoms with van der Waals surface area (Å²) in [5.41, 5.74) is 1.13. The molecule has 0 amide bonds. The van der Waals surface area contributed by atoms with Crippen molar-refractivity contribution in [2.24, 2.45) is 0 Å². The van der Waals surface area contributed by atoms with Gasteiger partial charge in [-0.2, -0.15) is 0 Å². The minimum Gasteiger partial charge on any atom is -0.380 e. The van der Waals surface area contributed by atoms with Gasteiger partial charge in [-0.1, -0.05) is 6.92 Å². The summed E-state index contributed by atoms with van der Waals surface area (Å²) in [5, 5.41) is 4.51. The van der Waals surface area contributed by atoms with E-state index in [4.69, 9.17) is 4.74 Å². The van der Waals surface area contributed by atoms with Crippen LogP contribution in [0.25, 0.3) is 0 Å². The maximum absolute atomic E-state index is 5.37. The Labute approximate surface area is 114 Å². The van der Waals surface area contributed by atoms with E-state index in [1.165, 1.54) is 4.88 Å². The van der Waals surface area contributed by atoms with Crippen LogP contribution >= 0.6 is 11.3 Å². The van der Waals surface area contributed by atoms with Gasteiger partial charge in [-0.15, -0.1) is 11.3 Å². The first-order valence-corrected chi connectivity index (χ1v) is 7.41. The summed E-state index contributed by atoms with van der Waals surface area (Å²) in [6.07, 6.45) is 0. The van der Waals surface area contributed by atoms with Crippen molar-refractivity contribution in [2.75, 3.05) is 38.3 Å². The van der Waals surface area contributed by atoms with Crippen molar-refractivity contribution in [3.05, 3.63) is 10.6 Å². The highest BCUT2D eigenvalue weighted by Crippen LogP contribution is 2.29. The average Bonchev–Trinajstić information content (AvgIpc) is 2.72. The van der Waals surface area contributed by atoms with Gasteiger partial charge in [-0.05, 0) is 27.3 Å². The molecule has 0 aliphatic carbocycles. The van der Waals surface area contributed by atoms with Crippen molar-refractivity contribution in [1.82, 2.24) is 10.3 Å². The third-order valence-corrected chi connectivity index (χ3v) is 4.28. The van der Waals surface area contributed by atoms with Crippen molar-refractivity contribution in [1.29, 1.82) is 0 Å². The molecule has 5 heteroatoms. The molecule has 0 aromatic carbocycles. The van der Waals surface area contributed by atoms with Crippen LogP contribution in [0.2, 0.25) is 0 Å². The number of hydrogen-bond donors (Lipinski definition) is 1. The Morgan fingerprint density at radius 1 is 1.44 bits per heavy atom. The van der Waals surface area contributed by atoms with Crippen molar-refractivity contribution in [3.8, 4) is 0 Å². The molecule has 1 N–H and O–H groups in total. The van der Waals surface area contributed by atoms with Gasteiger partial charge in [0.2, 0.25) is 0 Å². The Bertz CT molecular complexity index is 354. The van der Waals surface area contributed by atoms with Crippen LogP contribution in [0.4, 0.5) is 5.13 Å². The fourth-order valence-electron chi connectivity index (χ4n) is 1.80. The lowest BCUT2D eigenvalue weighted by atomic mass is 10.2. The highest BCUT2D eigenvalue weighted by atomic mass is 32.1. The Kier molecular flexibility index (Phi) is 6.60. The van der Waals surface area contributed by atoms with E-state index < -0.39 is 0 Å². The maximum Gasteiger partial charge on any atom is 0.185 e. The van der Waals surface area contributed by atoms with Crippen LogP contribution in [0.1, 0.15) is 37.4 Å². The first-order chi connectivity index (χ1) is 8.60. The number of likely N-dealkylation sites (N-methyl/N-ethyl adjacent to an activating group) is 1. The van der Waals surface area contributed by atoms with Crippen LogP contribution in [0.15, 0.2) is 0 Å². The number of nitrogens with one attached hydrogen (secondary N) is 1. The van der Waals surface area contributed by atoms with Gasteiger partial charge in [0.25, 0.3) is 0 Å². The summed E-state index contributed by atoms with van der Waals surface area (Å²) in [4.78, 5) is 8.13. The molecule has 4 nitrogen and oxygen atoms in total. The highest BCUT2D eigenvalue weighted by molar-refractivity contribution is 7.15. The first-order valence-electron chi connectivity index (χ1n) is 6.59. The smallest absolute Gasteiger partial charge is 0.185 e. The second-order valence-electron chi connectivity index (χ2n) is 4.34. The zero-order valence-electron chi connectivity index (χ0n) is 12.1. The van der Waals surface area contributed by atoms with E-state index in [2.05, 4.69) is 43.0 Å². The maximum atomic E-state index is 5.37. The Balaban J connectivity index is 2.64. The van der Waals surface area contributed by atoms with Crippen LogP contribution in [0.5, 0.6) is 0 Å². The molecule has 0 fully saturated rings. The lowest BCUT2D eigenvalue weighted by Gasteiger charge is -2.15. The van der Waals surface area contributed by atoms with Crippen molar-refractivity contribution < 1.29 is 4.74 Å². The lowest BCUT2D eigenvalue weighted by molar-refractivity contribution is 0.154. The predicted molar refractivity (Wildman–Crippen MR) is 78.7 cm³/mol. The number of ether oxygens (including phenoxy) is 1. The summed E-state index contributed by atoms with van der Waals surface area (Å²) >= 11 is 1.77. The fourth-order valence-corrected chi connectivity index (χ4v) is 2.88. The number of hydrogen-bond acceptors (Lipinski definition) is 5. The summed E-state index contributed by atoms with van der Waals surface area (Å²) < 4.78 is 5.37. The number of rotatable bonds is 8. The Morgan fingerprint density at radius 2 is 2.17 bits per heavy atom. The van der Waals surface area contributed by atoms with E-state index in [0.717, 1.165) is 37.1 Å². The number of anilines is 1. The average molecular weight is 271 g/mol. The molecular formula is C13H25N3OS. The van der Waals surface area contributed by atoms with E-state index in [-0.39, 0.29) is 0 Å². The molecule has 0 aliphatic rings. The monoisotopic (exact) mass is 271 g/mol. The molecule has 18 heavy (non-hydrogen) atoms. The molecule has 1 rings (SSSR count). The summed E-state index contributed by atoms with van der Waals surface area (Å²) in [5.74, 6) is 0. The molecule has 1 aromatic heterocycles. The summed E-state index contributed by atoms with van der Waals surface area (Å²) in [7, 11) is 2.07. The molecule has 1 unspecified atom stereocenters. The number of aryl methyl sites for hydroxylation is 1. The normalized spacial score (nSPS) is 12.7. The number of nitrogens with zero attached hydrogens (tertiary/aromatic N) is 2. The van der Waals surface area contributed by atoms with Crippen LogP contribution in [0, 0.1) is 6.92 Å². The SMILES string of the molecule is CCNC(C)c1sc(N(C)CCOCC)nc1C. The largest absolute Gasteiger partial charge is 0.380 e. The highest BCUT2D eigenvalue weighted by Gasteiger charge is 2.15. The van der Waals surface area contributed by atoms with Crippen LogP contribution in [-0.4, -0.2) is 38.3 Å².